The van der Waals surface area contributed by atoms with Crippen molar-refractivity contribution in [2.75, 3.05) is 26.0 Å². The summed E-state index contributed by atoms with van der Waals surface area (Å²) in [5.41, 5.74) is 1.93. The Morgan fingerprint density at radius 1 is 1.17 bits per heavy atom. The normalized spacial score (nSPS) is 10.3. The molecule has 2 aromatic carbocycles. The molecule has 0 aliphatic carbocycles. The first kappa shape index (κ1) is 18.0. The van der Waals surface area contributed by atoms with Gasteiger partial charge in [0.1, 0.15) is 0 Å². The lowest BCUT2D eigenvalue weighted by molar-refractivity contribution is -0.116. The SMILES string of the molecule is COCc1cccc(C(=O)N(C)CC(=O)Nc2ccccc2Cl)c1. The number of benzene rings is 2. The maximum absolute atomic E-state index is 12.4. The van der Waals surface area contributed by atoms with E-state index in [-0.39, 0.29) is 18.4 Å². The maximum atomic E-state index is 12.4. The maximum Gasteiger partial charge on any atom is 0.254 e. The Kier molecular flexibility index (Phi) is 6.35. The minimum Gasteiger partial charge on any atom is -0.380 e. The number of hydrogen-bond donors (Lipinski definition) is 1. The third-order valence-electron chi connectivity index (χ3n) is 3.36. The van der Waals surface area contributed by atoms with E-state index in [1.165, 1.54) is 4.90 Å². The highest BCUT2D eigenvalue weighted by molar-refractivity contribution is 6.33. The Morgan fingerprint density at radius 3 is 2.62 bits per heavy atom. The van der Waals surface area contributed by atoms with Crippen LogP contribution in [0.2, 0.25) is 5.02 Å². The molecule has 6 heteroatoms. The van der Waals surface area contributed by atoms with Crippen LogP contribution in [0.1, 0.15) is 15.9 Å². The standard InChI is InChI=1S/C18H19ClN2O3/c1-21(11-17(22)20-16-9-4-3-8-15(16)19)18(23)14-7-5-6-13(10-14)12-24-2/h3-10H,11-12H2,1-2H3,(H,20,22). The number of rotatable bonds is 6. The van der Waals surface area contributed by atoms with Gasteiger partial charge < -0.3 is 15.0 Å². The van der Waals surface area contributed by atoms with Gasteiger partial charge in [-0.15, -0.1) is 0 Å². The van der Waals surface area contributed by atoms with Crippen LogP contribution in [0.4, 0.5) is 5.69 Å². The molecule has 0 saturated heterocycles. The van der Waals surface area contributed by atoms with Gasteiger partial charge in [0.05, 0.1) is 23.9 Å². The van der Waals surface area contributed by atoms with Crippen molar-refractivity contribution >= 4 is 29.1 Å². The number of carbonyl (C=O) groups is 2. The first-order valence-corrected chi connectivity index (χ1v) is 7.76. The van der Waals surface area contributed by atoms with Crippen LogP contribution in [0.25, 0.3) is 0 Å². The van der Waals surface area contributed by atoms with E-state index in [9.17, 15) is 9.59 Å². The highest BCUT2D eigenvalue weighted by Crippen LogP contribution is 2.20. The molecule has 2 amide bonds. The minimum atomic E-state index is -0.313. The summed E-state index contributed by atoms with van der Waals surface area (Å²) >= 11 is 6.00. The largest absolute Gasteiger partial charge is 0.380 e. The smallest absolute Gasteiger partial charge is 0.254 e. The summed E-state index contributed by atoms with van der Waals surface area (Å²) in [6, 6.07) is 14.1. The number of halogens is 1. The quantitative estimate of drug-likeness (QED) is 0.873. The fourth-order valence-electron chi connectivity index (χ4n) is 2.22. The van der Waals surface area contributed by atoms with E-state index in [1.54, 1.807) is 56.6 Å². The number of ether oxygens (including phenoxy) is 1. The first-order chi connectivity index (χ1) is 11.5. The molecular formula is C18H19ClN2O3. The molecule has 0 atom stereocenters. The average molecular weight is 347 g/mol. The number of methoxy groups -OCH3 is 1. The number of hydrogen-bond acceptors (Lipinski definition) is 3. The topological polar surface area (TPSA) is 58.6 Å². The number of para-hydroxylation sites is 1. The third-order valence-corrected chi connectivity index (χ3v) is 3.69. The molecule has 0 radical (unpaired) electrons. The fourth-order valence-corrected chi connectivity index (χ4v) is 2.40. The summed E-state index contributed by atoms with van der Waals surface area (Å²) in [5.74, 6) is -0.547. The molecule has 2 rings (SSSR count). The van der Waals surface area contributed by atoms with Gasteiger partial charge in [-0.05, 0) is 29.8 Å². The molecule has 0 spiro atoms. The molecule has 0 aromatic heterocycles. The minimum absolute atomic E-state index is 0.0709. The van der Waals surface area contributed by atoms with Crippen molar-refractivity contribution in [2.24, 2.45) is 0 Å². The molecule has 0 aliphatic heterocycles. The van der Waals surface area contributed by atoms with Crippen molar-refractivity contribution in [3.05, 3.63) is 64.7 Å². The van der Waals surface area contributed by atoms with Crippen LogP contribution in [0, 0.1) is 0 Å². The summed E-state index contributed by atoms with van der Waals surface area (Å²) in [6.45, 7) is 0.358. The Bertz CT molecular complexity index is 734. The zero-order valence-corrected chi connectivity index (χ0v) is 14.3. The predicted molar refractivity (Wildman–Crippen MR) is 94.2 cm³/mol. The van der Waals surface area contributed by atoms with Crippen LogP contribution in [0.3, 0.4) is 0 Å². The van der Waals surface area contributed by atoms with Gasteiger partial charge in [-0.1, -0.05) is 35.9 Å². The summed E-state index contributed by atoms with van der Waals surface area (Å²) in [7, 11) is 3.18. The van der Waals surface area contributed by atoms with Crippen molar-refractivity contribution in [3.8, 4) is 0 Å². The van der Waals surface area contributed by atoms with Crippen molar-refractivity contribution in [3.63, 3.8) is 0 Å². The lowest BCUT2D eigenvalue weighted by Crippen LogP contribution is -2.35. The number of nitrogens with one attached hydrogen (secondary N) is 1. The Hall–Kier alpha value is -2.37. The summed E-state index contributed by atoms with van der Waals surface area (Å²) in [6.07, 6.45) is 0. The zero-order chi connectivity index (χ0) is 17.5. The van der Waals surface area contributed by atoms with E-state index in [0.717, 1.165) is 5.56 Å². The van der Waals surface area contributed by atoms with Gasteiger partial charge in [-0.2, -0.15) is 0 Å². The molecule has 5 nitrogen and oxygen atoms in total. The molecule has 126 valence electrons. The van der Waals surface area contributed by atoms with E-state index in [4.69, 9.17) is 16.3 Å². The summed E-state index contributed by atoms with van der Waals surface area (Å²) < 4.78 is 5.06. The van der Waals surface area contributed by atoms with Crippen molar-refractivity contribution < 1.29 is 14.3 Å². The van der Waals surface area contributed by atoms with Gasteiger partial charge >= 0.3 is 0 Å². The fraction of sp³-hybridized carbons (Fsp3) is 0.222. The van der Waals surface area contributed by atoms with Crippen molar-refractivity contribution in [1.29, 1.82) is 0 Å². The molecule has 0 fully saturated rings. The van der Waals surface area contributed by atoms with Gasteiger partial charge in [0.15, 0.2) is 0 Å². The van der Waals surface area contributed by atoms with Crippen LogP contribution < -0.4 is 5.32 Å². The monoisotopic (exact) mass is 346 g/mol. The number of carbonyl (C=O) groups excluding carboxylic acids is 2. The van der Waals surface area contributed by atoms with Gasteiger partial charge in [0, 0.05) is 19.7 Å². The summed E-state index contributed by atoms with van der Waals surface area (Å²) in [4.78, 5) is 25.9. The van der Waals surface area contributed by atoms with Crippen LogP contribution >= 0.6 is 11.6 Å². The van der Waals surface area contributed by atoms with Crippen molar-refractivity contribution in [2.45, 2.75) is 6.61 Å². The van der Waals surface area contributed by atoms with Crippen LogP contribution in [0.15, 0.2) is 48.5 Å². The molecule has 0 saturated carbocycles. The van der Waals surface area contributed by atoms with Crippen LogP contribution in [-0.4, -0.2) is 37.4 Å². The lowest BCUT2D eigenvalue weighted by atomic mass is 10.1. The number of amides is 2. The van der Waals surface area contributed by atoms with E-state index in [1.807, 2.05) is 6.07 Å². The molecule has 0 unspecified atom stereocenters. The molecule has 0 bridgehead atoms. The molecule has 2 aromatic rings. The van der Waals surface area contributed by atoms with Gasteiger partial charge in [-0.25, -0.2) is 0 Å². The van der Waals surface area contributed by atoms with Crippen LogP contribution in [-0.2, 0) is 16.1 Å². The van der Waals surface area contributed by atoms with E-state index in [2.05, 4.69) is 5.32 Å². The van der Waals surface area contributed by atoms with Crippen LogP contribution in [0.5, 0.6) is 0 Å². The Labute approximate surface area is 146 Å². The molecular weight excluding hydrogens is 328 g/mol. The van der Waals surface area contributed by atoms with E-state index < -0.39 is 0 Å². The lowest BCUT2D eigenvalue weighted by Gasteiger charge is -2.17. The number of likely N-dealkylation sites (N-methyl/N-ethyl adjacent to an activating group) is 1. The highest BCUT2D eigenvalue weighted by Gasteiger charge is 2.16. The second kappa shape index (κ2) is 8.47. The van der Waals surface area contributed by atoms with Gasteiger partial charge in [0.2, 0.25) is 5.91 Å². The van der Waals surface area contributed by atoms with E-state index in [0.29, 0.717) is 22.9 Å². The average Bonchev–Trinajstić information content (AvgIpc) is 2.56. The Balaban J connectivity index is 1.99. The number of anilines is 1. The predicted octanol–water partition coefficient (Wildman–Crippen LogP) is 3.20. The molecule has 24 heavy (non-hydrogen) atoms. The third kappa shape index (κ3) is 4.81. The second-order valence-corrected chi connectivity index (χ2v) is 5.73. The molecule has 0 heterocycles. The first-order valence-electron chi connectivity index (χ1n) is 7.39. The highest BCUT2D eigenvalue weighted by atomic mass is 35.5. The Morgan fingerprint density at radius 2 is 1.92 bits per heavy atom. The van der Waals surface area contributed by atoms with Gasteiger partial charge in [-0.3, -0.25) is 9.59 Å². The van der Waals surface area contributed by atoms with Gasteiger partial charge in [0.25, 0.3) is 5.91 Å². The van der Waals surface area contributed by atoms with Crippen molar-refractivity contribution in [1.82, 2.24) is 4.90 Å². The van der Waals surface area contributed by atoms with E-state index >= 15 is 0 Å². The number of nitrogens with zero attached hydrogens (tertiary/aromatic N) is 1. The summed E-state index contributed by atoms with van der Waals surface area (Å²) in [5, 5.41) is 3.15. The molecule has 0 aliphatic rings. The second-order valence-electron chi connectivity index (χ2n) is 5.32. The molecule has 1 N–H and O–H groups in total. The zero-order valence-electron chi connectivity index (χ0n) is 13.6.